The maximum atomic E-state index is 14.0. The monoisotopic (exact) mass is 436 g/mol. The number of hydrogen-bond donors (Lipinski definition) is 0. The lowest BCUT2D eigenvalue weighted by Crippen LogP contribution is -2.22. The lowest BCUT2D eigenvalue weighted by Gasteiger charge is -2.10. The fourth-order valence-corrected chi connectivity index (χ4v) is 4.50. The van der Waals surface area contributed by atoms with Gasteiger partial charge >= 0.3 is 0 Å². The lowest BCUT2D eigenvalue weighted by molar-refractivity contribution is 0.299. The number of fused-ring (bicyclic) bond motifs is 3. The first-order valence-electron chi connectivity index (χ1n) is 9.18. The molecular formula is C23H14ClFN2O2S. The molecule has 30 heavy (non-hydrogen) atoms. The van der Waals surface area contributed by atoms with Crippen LogP contribution >= 0.6 is 22.9 Å². The summed E-state index contributed by atoms with van der Waals surface area (Å²) >= 11 is 7.41. The first-order chi connectivity index (χ1) is 14.6. The van der Waals surface area contributed by atoms with Gasteiger partial charge in [0.15, 0.2) is 4.96 Å². The second-order valence-corrected chi connectivity index (χ2v) is 8.08. The molecule has 2 heterocycles. The van der Waals surface area contributed by atoms with E-state index in [1.807, 2.05) is 42.5 Å². The van der Waals surface area contributed by atoms with Crippen molar-refractivity contribution in [2.75, 3.05) is 0 Å². The van der Waals surface area contributed by atoms with E-state index in [1.165, 1.54) is 17.4 Å². The summed E-state index contributed by atoms with van der Waals surface area (Å²) < 4.78 is 22.1. The number of thiazole rings is 1. The zero-order valence-corrected chi connectivity index (χ0v) is 17.1. The van der Waals surface area contributed by atoms with Crippen LogP contribution in [0.2, 0.25) is 5.02 Å². The normalized spacial score (nSPS) is 12.1. The molecule has 148 valence electrons. The van der Waals surface area contributed by atoms with Crippen LogP contribution in [0, 0.1) is 5.82 Å². The number of para-hydroxylation sites is 3. The molecule has 0 fully saturated rings. The fourth-order valence-electron chi connectivity index (χ4n) is 3.30. The molecule has 5 rings (SSSR count). The Morgan fingerprint density at radius 1 is 1.07 bits per heavy atom. The molecule has 0 aliphatic heterocycles. The van der Waals surface area contributed by atoms with Gasteiger partial charge in [0.2, 0.25) is 0 Å². The van der Waals surface area contributed by atoms with E-state index in [1.54, 1.807) is 28.7 Å². The number of ether oxygens (including phenoxy) is 1. The molecule has 0 radical (unpaired) electrons. The summed E-state index contributed by atoms with van der Waals surface area (Å²) in [5.41, 5.74) is 2.45. The maximum absolute atomic E-state index is 14.0. The van der Waals surface area contributed by atoms with Crippen LogP contribution in [0.1, 0.15) is 11.1 Å². The van der Waals surface area contributed by atoms with Crippen LogP contribution in [0.25, 0.3) is 22.1 Å². The molecule has 0 bridgehead atoms. The van der Waals surface area contributed by atoms with Gasteiger partial charge in [0.25, 0.3) is 5.56 Å². The molecule has 4 nitrogen and oxygen atoms in total. The van der Waals surface area contributed by atoms with Crippen LogP contribution in [0.15, 0.2) is 71.5 Å². The van der Waals surface area contributed by atoms with Crippen LogP contribution in [0.5, 0.6) is 5.75 Å². The Morgan fingerprint density at radius 2 is 1.87 bits per heavy atom. The van der Waals surface area contributed by atoms with E-state index < -0.39 is 5.82 Å². The molecule has 7 heteroatoms. The first-order valence-corrected chi connectivity index (χ1v) is 10.4. The number of nitrogens with zero attached hydrogens (tertiary/aromatic N) is 2. The summed E-state index contributed by atoms with van der Waals surface area (Å²) in [6, 6.07) is 19.4. The fraction of sp³-hybridized carbons (Fsp3) is 0.0435. The van der Waals surface area contributed by atoms with Gasteiger partial charge in [0.05, 0.1) is 20.6 Å². The molecule has 2 aromatic heterocycles. The third kappa shape index (κ3) is 3.24. The van der Waals surface area contributed by atoms with Crippen LogP contribution in [-0.2, 0) is 6.61 Å². The Kier molecular flexibility index (Phi) is 4.73. The van der Waals surface area contributed by atoms with E-state index in [0.717, 1.165) is 16.6 Å². The number of imidazole rings is 1. The molecule has 3 aromatic carbocycles. The molecule has 0 amide bonds. The average molecular weight is 437 g/mol. The van der Waals surface area contributed by atoms with Crippen molar-refractivity contribution in [2.45, 2.75) is 6.61 Å². The Bertz CT molecular complexity index is 1490. The Hall–Kier alpha value is -3.22. The van der Waals surface area contributed by atoms with Gasteiger partial charge in [-0.2, -0.15) is 0 Å². The molecule has 0 saturated heterocycles. The highest BCUT2D eigenvalue weighted by Crippen LogP contribution is 2.24. The summed E-state index contributed by atoms with van der Waals surface area (Å²) in [6.45, 7) is -0.0149. The third-order valence-corrected chi connectivity index (χ3v) is 6.11. The van der Waals surface area contributed by atoms with E-state index in [2.05, 4.69) is 4.98 Å². The van der Waals surface area contributed by atoms with Crippen molar-refractivity contribution in [1.29, 1.82) is 0 Å². The number of aromatic nitrogens is 2. The maximum Gasteiger partial charge on any atom is 0.274 e. The van der Waals surface area contributed by atoms with Gasteiger partial charge in [-0.05, 0) is 36.4 Å². The van der Waals surface area contributed by atoms with Crippen LogP contribution in [-0.4, -0.2) is 9.38 Å². The van der Waals surface area contributed by atoms with Crippen molar-refractivity contribution >= 4 is 45.0 Å². The Morgan fingerprint density at radius 3 is 2.73 bits per heavy atom. The van der Waals surface area contributed by atoms with Crippen molar-refractivity contribution in [1.82, 2.24) is 9.38 Å². The molecule has 0 aliphatic rings. The van der Waals surface area contributed by atoms with Gasteiger partial charge in [-0.3, -0.25) is 4.79 Å². The smallest absolute Gasteiger partial charge is 0.274 e. The zero-order valence-electron chi connectivity index (χ0n) is 15.5. The molecule has 0 aliphatic carbocycles. The minimum Gasteiger partial charge on any atom is -0.488 e. The summed E-state index contributed by atoms with van der Waals surface area (Å²) in [5, 5.41) is 0.310. The molecule has 0 unspecified atom stereocenters. The average Bonchev–Trinajstić information content (AvgIpc) is 3.25. The Labute approximate surface area is 179 Å². The first kappa shape index (κ1) is 18.8. The molecule has 0 spiro atoms. The lowest BCUT2D eigenvalue weighted by atomic mass is 10.2. The van der Waals surface area contributed by atoms with Gasteiger partial charge in [0.1, 0.15) is 18.2 Å². The van der Waals surface area contributed by atoms with E-state index >= 15 is 0 Å². The van der Waals surface area contributed by atoms with Crippen LogP contribution < -0.4 is 14.8 Å². The van der Waals surface area contributed by atoms with Crippen LogP contribution in [0.3, 0.4) is 0 Å². The van der Waals surface area contributed by atoms with Gasteiger partial charge < -0.3 is 4.74 Å². The predicted molar refractivity (Wildman–Crippen MR) is 118 cm³/mol. The van der Waals surface area contributed by atoms with E-state index in [4.69, 9.17) is 16.3 Å². The third-order valence-electron chi connectivity index (χ3n) is 4.78. The van der Waals surface area contributed by atoms with Gasteiger partial charge in [-0.15, -0.1) is 0 Å². The van der Waals surface area contributed by atoms with Gasteiger partial charge in [-0.25, -0.2) is 13.8 Å². The van der Waals surface area contributed by atoms with E-state index in [9.17, 15) is 9.18 Å². The van der Waals surface area contributed by atoms with Gasteiger partial charge in [-0.1, -0.05) is 59.3 Å². The molecule has 0 N–H and O–H groups in total. The minimum absolute atomic E-state index is 0.0149. The van der Waals surface area contributed by atoms with Crippen molar-refractivity contribution in [3.63, 3.8) is 0 Å². The summed E-state index contributed by atoms with van der Waals surface area (Å²) in [4.78, 5) is 18.2. The van der Waals surface area contributed by atoms with Gasteiger partial charge in [0, 0.05) is 11.1 Å². The highest BCUT2D eigenvalue weighted by molar-refractivity contribution is 7.15. The summed E-state index contributed by atoms with van der Waals surface area (Å²) in [6.07, 6.45) is 1.77. The number of halogens is 2. The second-order valence-electron chi connectivity index (χ2n) is 6.66. The number of benzene rings is 3. The van der Waals surface area contributed by atoms with Crippen molar-refractivity contribution in [3.8, 4) is 5.75 Å². The standard InChI is InChI=1S/C23H14ClFN2O2S/c24-16-7-5-8-17(25)15(16)13-29-20-11-4-1-6-14(20)12-21-22(28)27-19-10-3-2-9-18(19)26-23(27)30-21/h1-12H,13H2/b21-12-. The van der Waals surface area contributed by atoms with E-state index in [0.29, 0.717) is 25.8 Å². The topological polar surface area (TPSA) is 43.6 Å². The van der Waals surface area contributed by atoms with Crippen molar-refractivity contribution in [3.05, 3.63) is 104 Å². The van der Waals surface area contributed by atoms with Crippen molar-refractivity contribution in [2.24, 2.45) is 0 Å². The number of rotatable bonds is 4. The zero-order chi connectivity index (χ0) is 20.7. The summed E-state index contributed by atoms with van der Waals surface area (Å²) in [7, 11) is 0. The molecule has 0 atom stereocenters. The summed E-state index contributed by atoms with van der Waals surface area (Å²) in [5.74, 6) is 0.115. The molecular weight excluding hydrogens is 423 g/mol. The molecule has 5 aromatic rings. The second kappa shape index (κ2) is 7.55. The van der Waals surface area contributed by atoms with E-state index in [-0.39, 0.29) is 12.2 Å². The predicted octanol–water partition coefficient (Wildman–Crippen LogP) is 4.83. The van der Waals surface area contributed by atoms with Crippen molar-refractivity contribution < 1.29 is 9.13 Å². The Balaban J connectivity index is 1.55. The number of hydrogen-bond acceptors (Lipinski definition) is 4. The quantitative estimate of drug-likeness (QED) is 0.405. The highest BCUT2D eigenvalue weighted by atomic mass is 35.5. The minimum atomic E-state index is -0.419. The highest BCUT2D eigenvalue weighted by Gasteiger charge is 2.12. The molecule has 0 saturated carbocycles. The van der Waals surface area contributed by atoms with Crippen LogP contribution in [0.4, 0.5) is 4.39 Å². The largest absolute Gasteiger partial charge is 0.488 e. The SMILES string of the molecule is O=c1/c(=C/c2ccccc2OCc2c(F)cccc2Cl)sc2nc3ccccc3n12.